The molecule has 0 amide bonds. The molecule has 0 unspecified atom stereocenters. The summed E-state index contributed by atoms with van der Waals surface area (Å²) in [5.41, 5.74) is 7.63. The fourth-order valence-electron chi connectivity index (χ4n) is 1.77. The number of hydrogen-bond acceptors (Lipinski definition) is 4. The zero-order chi connectivity index (χ0) is 14.7. The van der Waals surface area contributed by atoms with Gasteiger partial charge in [-0.2, -0.15) is 5.10 Å². The molecule has 0 saturated heterocycles. The first-order valence-corrected chi connectivity index (χ1v) is 6.72. The van der Waals surface area contributed by atoms with Gasteiger partial charge in [0, 0.05) is 12.2 Å². The third kappa shape index (κ3) is 3.11. The summed E-state index contributed by atoms with van der Waals surface area (Å²) in [6, 6.07) is 7.46. The molecule has 0 aliphatic heterocycles. The van der Waals surface area contributed by atoms with Crippen LogP contribution in [-0.4, -0.2) is 9.78 Å². The molecule has 1 aromatic carbocycles. The second-order valence-corrected chi connectivity index (χ2v) is 5.19. The zero-order valence-corrected chi connectivity index (χ0v) is 12.2. The lowest BCUT2D eigenvalue weighted by atomic mass is 10.2. The Labute approximate surface area is 122 Å². The van der Waals surface area contributed by atoms with Crippen molar-refractivity contribution in [1.82, 2.24) is 9.78 Å². The number of aromatic nitrogens is 2. The fourth-order valence-corrected chi connectivity index (χ4v) is 1.97. The van der Waals surface area contributed by atoms with Crippen LogP contribution in [-0.2, 0) is 6.54 Å². The molecule has 3 N–H and O–H groups in total. The Bertz CT molecular complexity index is 649. The molecule has 0 fully saturated rings. The molecule has 20 heavy (non-hydrogen) atoms. The molecule has 0 atom stereocenters. The van der Waals surface area contributed by atoms with E-state index in [1.54, 1.807) is 6.20 Å². The highest BCUT2D eigenvalue weighted by atomic mass is 35.5. The molecule has 0 spiro atoms. The highest BCUT2D eigenvalue weighted by molar-refractivity contribution is 6.32. The van der Waals surface area contributed by atoms with Crippen molar-refractivity contribution in [2.75, 3.05) is 11.1 Å². The van der Waals surface area contributed by atoms with Crippen molar-refractivity contribution in [2.45, 2.75) is 26.4 Å². The molecular formula is C14H17ClN4O. The van der Waals surface area contributed by atoms with E-state index in [1.807, 2.05) is 38.1 Å². The molecule has 1 aromatic heterocycles. The minimum atomic E-state index is -0.288. The monoisotopic (exact) mass is 292 g/mol. The van der Waals surface area contributed by atoms with E-state index in [9.17, 15) is 4.79 Å². The number of nitrogen functional groups attached to an aromatic ring is 1. The van der Waals surface area contributed by atoms with E-state index in [-0.39, 0.29) is 16.6 Å². The summed E-state index contributed by atoms with van der Waals surface area (Å²) in [4.78, 5) is 12.0. The molecule has 106 valence electrons. The van der Waals surface area contributed by atoms with Gasteiger partial charge in [-0.25, -0.2) is 4.68 Å². The summed E-state index contributed by atoms with van der Waals surface area (Å²) < 4.78 is 1.36. The lowest BCUT2D eigenvalue weighted by molar-refractivity contribution is 0.503. The topological polar surface area (TPSA) is 72.9 Å². The van der Waals surface area contributed by atoms with Crippen molar-refractivity contribution >= 4 is 23.0 Å². The van der Waals surface area contributed by atoms with Gasteiger partial charge in [0.25, 0.3) is 5.56 Å². The SMILES string of the molecule is CC(C)n1ncc(NCc2ccc(N)cc2)c(Cl)c1=O. The average Bonchev–Trinajstić information content (AvgIpc) is 2.42. The molecular weight excluding hydrogens is 276 g/mol. The van der Waals surface area contributed by atoms with Crippen molar-refractivity contribution < 1.29 is 0 Å². The molecule has 0 radical (unpaired) electrons. The number of nitrogens with zero attached hydrogens (tertiary/aromatic N) is 2. The number of nitrogens with two attached hydrogens (primary N) is 1. The van der Waals surface area contributed by atoms with E-state index in [2.05, 4.69) is 10.4 Å². The van der Waals surface area contributed by atoms with Crippen molar-refractivity contribution in [3.63, 3.8) is 0 Å². The van der Waals surface area contributed by atoms with Crippen molar-refractivity contribution in [1.29, 1.82) is 0 Å². The van der Waals surface area contributed by atoms with E-state index < -0.39 is 0 Å². The average molecular weight is 293 g/mol. The molecule has 6 heteroatoms. The Morgan fingerprint density at radius 3 is 2.60 bits per heavy atom. The smallest absolute Gasteiger partial charge is 0.287 e. The number of rotatable bonds is 4. The van der Waals surface area contributed by atoms with Gasteiger partial charge < -0.3 is 11.1 Å². The van der Waals surface area contributed by atoms with Crippen LogP contribution in [0.2, 0.25) is 5.02 Å². The third-order valence-corrected chi connectivity index (χ3v) is 3.26. The minimum absolute atomic E-state index is 0.0221. The van der Waals surface area contributed by atoms with Crippen LogP contribution in [0, 0.1) is 0 Å². The summed E-state index contributed by atoms with van der Waals surface area (Å²) in [6.45, 7) is 4.31. The van der Waals surface area contributed by atoms with Gasteiger partial charge in [-0.05, 0) is 31.5 Å². The Morgan fingerprint density at radius 2 is 2.00 bits per heavy atom. The molecule has 2 rings (SSSR count). The third-order valence-electron chi connectivity index (χ3n) is 2.90. The van der Waals surface area contributed by atoms with Crippen LogP contribution in [0.3, 0.4) is 0 Å². The molecule has 2 aromatic rings. The number of hydrogen-bond donors (Lipinski definition) is 2. The Balaban J connectivity index is 2.16. The summed E-state index contributed by atoms with van der Waals surface area (Å²) in [5.74, 6) is 0. The number of halogens is 1. The second kappa shape index (κ2) is 5.96. The maximum absolute atomic E-state index is 12.0. The normalized spacial score (nSPS) is 10.8. The van der Waals surface area contributed by atoms with Gasteiger partial charge in [-0.1, -0.05) is 23.7 Å². The zero-order valence-electron chi connectivity index (χ0n) is 11.4. The lowest BCUT2D eigenvalue weighted by Gasteiger charge is -2.12. The number of nitrogens with one attached hydrogen (secondary N) is 1. The van der Waals surface area contributed by atoms with Crippen LogP contribution in [0.1, 0.15) is 25.5 Å². The van der Waals surface area contributed by atoms with Gasteiger partial charge in [0.1, 0.15) is 5.02 Å². The summed E-state index contributed by atoms with van der Waals surface area (Å²) >= 11 is 6.08. The van der Waals surface area contributed by atoms with E-state index in [1.165, 1.54) is 4.68 Å². The van der Waals surface area contributed by atoms with E-state index in [4.69, 9.17) is 17.3 Å². The molecule has 0 aliphatic rings. The molecule has 0 saturated carbocycles. The van der Waals surface area contributed by atoms with Crippen LogP contribution in [0.4, 0.5) is 11.4 Å². The second-order valence-electron chi connectivity index (χ2n) is 4.81. The standard InChI is InChI=1S/C14H17ClN4O/c1-9(2)19-14(20)13(15)12(8-18-19)17-7-10-3-5-11(16)6-4-10/h3-6,8-9,17H,7,16H2,1-2H3. The van der Waals surface area contributed by atoms with Crippen LogP contribution in [0.5, 0.6) is 0 Å². The molecule has 5 nitrogen and oxygen atoms in total. The summed E-state index contributed by atoms with van der Waals surface area (Å²) in [6.07, 6.45) is 1.57. The van der Waals surface area contributed by atoms with Gasteiger partial charge in [0.2, 0.25) is 0 Å². The van der Waals surface area contributed by atoms with E-state index in [0.717, 1.165) is 5.56 Å². The van der Waals surface area contributed by atoms with Crippen LogP contribution < -0.4 is 16.6 Å². The van der Waals surface area contributed by atoms with Gasteiger partial charge in [0.15, 0.2) is 0 Å². The minimum Gasteiger partial charge on any atom is -0.399 e. The van der Waals surface area contributed by atoms with Crippen molar-refractivity contribution in [2.24, 2.45) is 0 Å². The highest BCUT2D eigenvalue weighted by Gasteiger charge is 2.10. The van der Waals surface area contributed by atoms with Gasteiger partial charge in [0.05, 0.1) is 17.9 Å². The van der Waals surface area contributed by atoms with Gasteiger partial charge >= 0.3 is 0 Å². The lowest BCUT2D eigenvalue weighted by Crippen LogP contribution is -2.25. The van der Waals surface area contributed by atoms with Crippen LogP contribution in [0.25, 0.3) is 0 Å². The molecule has 0 aliphatic carbocycles. The van der Waals surface area contributed by atoms with Gasteiger partial charge in [-0.3, -0.25) is 4.79 Å². The van der Waals surface area contributed by atoms with E-state index in [0.29, 0.717) is 17.9 Å². The number of anilines is 2. The molecule has 1 heterocycles. The first-order valence-electron chi connectivity index (χ1n) is 6.34. The van der Waals surface area contributed by atoms with E-state index >= 15 is 0 Å². The van der Waals surface area contributed by atoms with Crippen LogP contribution >= 0.6 is 11.6 Å². The fraction of sp³-hybridized carbons (Fsp3) is 0.286. The summed E-state index contributed by atoms with van der Waals surface area (Å²) in [5, 5.41) is 7.37. The predicted octanol–water partition coefficient (Wildman–Crippen LogP) is 2.67. The quantitative estimate of drug-likeness (QED) is 0.850. The maximum Gasteiger partial charge on any atom is 0.287 e. The van der Waals surface area contributed by atoms with Gasteiger partial charge in [-0.15, -0.1) is 0 Å². The Morgan fingerprint density at radius 1 is 1.35 bits per heavy atom. The first kappa shape index (κ1) is 14.4. The molecule has 0 bridgehead atoms. The van der Waals surface area contributed by atoms with Crippen molar-refractivity contribution in [3.05, 3.63) is 51.4 Å². The summed E-state index contributed by atoms with van der Waals surface area (Å²) in [7, 11) is 0. The first-order chi connectivity index (χ1) is 9.49. The largest absolute Gasteiger partial charge is 0.399 e. The van der Waals surface area contributed by atoms with Crippen LogP contribution in [0.15, 0.2) is 35.3 Å². The number of benzene rings is 1. The Hall–Kier alpha value is -2.01. The highest BCUT2D eigenvalue weighted by Crippen LogP contribution is 2.17. The Kier molecular flexibility index (Phi) is 4.29. The maximum atomic E-state index is 12.0. The van der Waals surface area contributed by atoms with Crippen molar-refractivity contribution in [3.8, 4) is 0 Å². The predicted molar refractivity (Wildman–Crippen MR) is 82.1 cm³/mol.